The number of anilines is 1. The average molecular weight is 509 g/mol. The van der Waals surface area contributed by atoms with E-state index in [0.717, 1.165) is 22.0 Å². The molecule has 0 saturated heterocycles. The number of nitrogens with zero attached hydrogens (tertiary/aromatic N) is 2. The molecular formula is C33H37N2OP. The van der Waals surface area contributed by atoms with Crippen molar-refractivity contribution in [2.45, 2.75) is 52.4 Å². The number of hydrogen-bond donors (Lipinski definition) is 0. The number of rotatable bonds is 6. The van der Waals surface area contributed by atoms with Crippen molar-refractivity contribution >= 4 is 35.6 Å². The first-order valence-corrected chi connectivity index (χ1v) is 14.4. The largest absolute Gasteiger partial charge is 0.289 e. The van der Waals surface area contributed by atoms with E-state index in [-0.39, 0.29) is 10.8 Å². The quantitative estimate of drug-likeness (QED) is 0.149. The minimum Gasteiger partial charge on any atom is -0.289 e. The Labute approximate surface area is 222 Å². The Hall–Kier alpha value is -3.42. The first-order valence-electron chi connectivity index (χ1n) is 12.8. The Morgan fingerprint density at radius 3 is 1.41 bits per heavy atom. The molecule has 0 heterocycles. The van der Waals surface area contributed by atoms with Crippen LogP contribution in [-0.2, 0) is 15.4 Å². The van der Waals surface area contributed by atoms with E-state index in [1.807, 2.05) is 89.6 Å². The summed E-state index contributed by atoms with van der Waals surface area (Å²) in [6, 6.07) is 36.0. The van der Waals surface area contributed by atoms with Gasteiger partial charge in [0.1, 0.15) is 6.34 Å². The molecule has 0 spiro atoms. The van der Waals surface area contributed by atoms with Crippen molar-refractivity contribution in [3.8, 4) is 0 Å². The Morgan fingerprint density at radius 2 is 1.00 bits per heavy atom. The van der Waals surface area contributed by atoms with Crippen molar-refractivity contribution in [2.75, 3.05) is 4.67 Å². The van der Waals surface area contributed by atoms with Crippen molar-refractivity contribution in [2.24, 2.45) is 4.99 Å². The van der Waals surface area contributed by atoms with E-state index in [0.29, 0.717) is 0 Å². The Balaban J connectivity index is 1.87. The molecule has 190 valence electrons. The molecule has 0 saturated carbocycles. The van der Waals surface area contributed by atoms with Gasteiger partial charge >= 0.3 is 0 Å². The second kappa shape index (κ2) is 10.5. The lowest BCUT2D eigenvalue weighted by Gasteiger charge is -2.31. The summed E-state index contributed by atoms with van der Waals surface area (Å²) in [6.45, 7) is 13.2. The second-order valence-corrected chi connectivity index (χ2v) is 14.0. The lowest BCUT2D eigenvalue weighted by Crippen LogP contribution is -2.31. The van der Waals surface area contributed by atoms with Crippen LogP contribution in [0.2, 0.25) is 0 Å². The third-order valence-corrected chi connectivity index (χ3v) is 9.50. The number of aliphatic imine (C=N–C) groups is 1. The SMILES string of the molecule is CC(C)(C)c1ccc(/N=C/N(c2ccc(C(C)(C)C)cc2)P(=O)(c2ccccc2)c2ccccc2)cc1. The molecule has 4 aromatic rings. The van der Waals surface area contributed by atoms with Crippen molar-refractivity contribution in [1.82, 2.24) is 0 Å². The third-order valence-electron chi connectivity index (χ3n) is 6.56. The summed E-state index contributed by atoms with van der Waals surface area (Å²) in [4.78, 5) is 4.82. The van der Waals surface area contributed by atoms with Crippen LogP contribution in [0.5, 0.6) is 0 Å². The van der Waals surface area contributed by atoms with Gasteiger partial charge in [0.15, 0.2) is 0 Å². The van der Waals surface area contributed by atoms with Crippen molar-refractivity contribution < 1.29 is 4.57 Å². The molecule has 37 heavy (non-hydrogen) atoms. The molecule has 0 bridgehead atoms. The molecule has 0 aliphatic rings. The average Bonchev–Trinajstić information content (AvgIpc) is 2.89. The summed E-state index contributed by atoms with van der Waals surface area (Å²) in [5.41, 5.74) is 4.21. The van der Waals surface area contributed by atoms with Crippen LogP contribution in [0.15, 0.2) is 114 Å². The van der Waals surface area contributed by atoms with Crippen LogP contribution < -0.4 is 15.3 Å². The van der Waals surface area contributed by atoms with Crippen LogP contribution in [0.3, 0.4) is 0 Å². The lowest BCUT2D eigenvalue weighted by molar-refractivity contribution is 0.587. The molecule has 3 nitrogen and oxygen atoms in total. The van der Waals surface area contributed by atoms with Crippen molar-refractivity contribution in [3.05, 3.63) is 120 Å². The van der Waals surface area contributed by atoms with Crippen molar-refractivity contribution in [1.29, 1.82) is 0 Å². The van der Waals surface area contributed by atoms with Gasteiger partial charge in [-0.1, -0.05) is 102 Å². The highest BCUT2D eigenvalue weighted by atomic mass is 31.2. The first-order chi connectivity index (χ1) is 17.5. The maximum absolute atomic E-state index is 15.2. The minimum absolute atomic E-state index is 0.0226. The molecule has 4 aromatic carbocycles. The van der Waals surface area contributed by atoms with E-state index in [1.54, 1.807) is 6.34 Å². The molecule has 0 radical (unpaired) electrons. The summed E-state index contributed by atoms with van der Waals surface area (Å²) in [6.07, 6.45) is 1.74. The van der Waals surface area contributed by atoms with Gasteiger partial charge in [0, 0.05) is 16.3 Å². The minimum atomic E-state index is -3.30. The standard InChI is InChI=1S/C33H37N2OP/c1-32(2,3)26-17-21-28(22-18-26)34-25-35(29-23-19-27(20-24-29)33(4,5)6)37(36,30-13-9-7-10-14-30)31-15-11-8-12-16-31/h7-25H,1-6H3/b34-25+. The smallest absolute Gasteiger partial charge is 0.234 e. The Kier molecular flexibility index (Phi) is 7.57. The van der Waals surface area contributed by atoms with E-state index < -0.39 is 7.29 Å². The van der Waals surface area contributed by atoms with E-state index in [1.165, 1.54) is 11.1 Å². The maximum atomic E-state index is 15.2. The van der Waals surface area contributed by atoms with Crippen LogP contribution in [0.1, 0.15) is 52.7 Å². The molecular weight excluding hydrogens is 471 g/mol. The number of benzene rings is 4. The molecule has 0 fully saturated rings. The molecule has 0 aliphatic heterocycles. The van der Waals surface area contributed by atoms with Crippen LogP contribution >= 0.6 is 7.29 Å². The van der Waals surface area contributed by atoms with Gasteiger partial charge in [0.05, 0.1) is 5.69 Å². The van der Waals surface area contributed by atoms with Crippen LogP contribution in [0, 0.1) is 0 Å². The highest BCUT2D eigenvalue weighted by Gasteiger charge is 2.34. The maximum Gasteiger partial charge on any atom is 0.234 e. The molecule has 0 atom stereocenters. The fourth-order valence-electron chi connectivity index (χ4n) is 4.24. The van der Waals surface area contributed by atoms with Crippen molar-refractivity contribution in [3.63, 3.8) is 0 Å². The van der Waals surface area contributed by atoms with Crippen LogP contribution in [0.25, 0.3) is 0 Å². The Bertz CT molecular complexity index is 1340. The predicted octanol–water partition coefficient (Wildman–Crippen LogP) is 8.38. The molecule has 0 aliphatic carbocycles. The number of hydrogen-bond acceptors (Lipinski definition) is 2. The van der Waals surface area contributed by atoms with E-state index in [2.05, 4.69) is 65.8 Å². The fraction of sp³-hybridized carbons (Fsp3) is 0.242. The summed E-state index contributed by atoms with van der Waals surface area (Å²) in [7, 11) is -3.30. The van der Waals surface area contributed by atoms with Gasteiger partial charge < -0.3 is 0 Å². The van der Waals surface area contributed by atoms with E-state index in [4.69, 9.17) is 4.99 Å². The van der Waals surface area contributed by atoms with Gasteiger partial charge in [0.25, 0.3) is 0 Å². The Morgan fingerprint density at radius 1 is 0.595 bits per heavy atom. The van der Waals surface area contributed by atoms with Gasteiger partial charge in [-0.05, 0) is 70.5 Å². The molecule has 0 amide bonds. The van der Waals surface area contributed by atoms with Crippen LogP contribution in [0.4, 0.5) is 11.4 Å². The summed E-state index contributed by atoms with van der Waals surface area (Å²) in [5.74, 6) is 0. The summed E-state index contributed by atoms with van der Waals surface area (Å²) >= 11 is 0. The second-order valence-electron chi connectivity index (χ2n) is 11.4. The van der Waals surface area contributed by atoms with Gasteiger partial charge in [-0.25, -0.2) is 4.99 Å². The van der Waals surface area contributed by atoms with Crippen LogP contribution in [-0.4, -0.2) is 6.34 Å². The first kappa shape index (κ1) is 26.6. The van der Waals surface area contributed by atoms with Gasteiger partial charge in [0.2, 0.25) is 7.29 Å². The van der Waals surface area contributed by atoms with Gasteiger partial charge in [-0.3, -0.25) is 9.24 Å². The normalized spacial score (nSPS) is 12.6. The lowest BCUT2D eigenvalue weighted by atomic mass is 9.87. The molecule has 4 rings (SSSR count). The monoisotopic (exact) mass is 508 g/mol. The summed E-state index contributed by atoms with van der Waals surface area (Å²) in [5, 5.41) is 1.52. The highest BCUT2D eigenvalue weighted by molar-refractivity contribution is 7.80. The fourth-order valence-corrected chi connectivity index (χ4v) is 6.85. The molecule has 0 N–H and O–H groups in total. The van der Waals surface area contributed by atoms with E-state index in [9.17, 15) is 0 Å². The molecule has 0 unspecified atom stereocenters. The van der Waals surface area contributed by atoms with Gasteiger partial charge in [-0.2, -0.15) is 0 Å². The molecule has 0 aromatic heterocycles. The van der Waals surface area contributed by atoms with E-state index >= 15 is 4.57 Å². The predicted molar refractivity (Wildman–Crippen MR) is 161 cm³/mol. The highest BCUT2D eigenvalue weighted by Crippen LogP contribution is 2.49. The summed E-state index contributed by atoms with van der Waals surface area (Å²) < 4.78 is 17.1. The topological polar surface area (TPSA) is 32.7 Å². The third kappa shape index (κ3) is 5.95. The zero-order valence-electron chi connectivity index (χ0n) is 22.7. The zero-order valence-corrected chi connectivity index (χ0v) is 23.6. The zero-order chi connectivity index (χ0) is 26.7. The van der Waals surface area contributed by atoms with Gasteiger partial charge in [-0.15, -0.1) is 0 Å². The molecule has 4 heteroatoms.